The second kappa shape index (κ2) is 3.92. The van der Waals surface area contributed by atoms with E-state index in [1.165, 1.54) is 10.9 Å². The van der Waals surface area contributed by atoms with Crippen LogP contribution in [0.1, 0.15) is 5.56 Å². The van der Waals surface area contributed by atoms with E-state index in [0.29, 0.717) is 0 Å². The molecule has 1 nitrogen and oxygen atoms in total. The van der Waals surface area contributed by atoms with Gasteiger partial charge < -0.3 is 0 Å². The van der Waals surface area contributed by atoms with Crippen LogP contribution >= 0.6 is 38.5 Å². The van der Waals surface area contributed by atoms with Crippen LogP contribution in [-0.2, 0) is 5.33 Å². The molecular weight excluding hydrogens is 341 g/mol. The predicted molar refractivity (Wildman–Crippen MR) is 67.1 cm³/mol. The average molecular weight is 348 g/mol. The molecule has 2 rings (SSSR count). The van der Waals surface area contributed by atoms with Crippen LogP contribution < -0.4 is 0 Å². The Morgan fingerprint density at radius 2 is 2.08 bits per heavy atom. The molecule has 0 fully saturated rings. The molecule has 0 amide bonds. The molecule has 0 N–H and O–H groups in total. The summed E-state index contributed by atoms with van der Waals surface area (Å²) in [5, 5.41) is 2.07. The zero-order valence-corrected chi connectivity index (χ0v) is 10.5. The minimum absolute atomic E-state index is 0.864. The molecule has 0 radical (unpaired) electrons. The van der Waals surface area contributed by atoms with Gasteiger partial charge in [0.15, 0.2) is 0 Å². The Balaban J connectivity index is 2.74. The summed E-state index contributed by atoms with van der Waals surface area (Å²) in [7, 11) is 0. The third kappa shape index (κ3) is 1.86. The van der Waals surface area contributed by atoms with Crippen LogP contribution in [0.5, 0.6) is 0 Å². The normalized spacial score (nSPS) is 10.6. The van der Waals surface area contributed by atoms with E-state index in [2.05, 4.69) is 55.6 Å². The standard InChI is InChI=1S/C10H7BrIN/c11-6-8-5-7-3-1-2-4-9(7)13-10(8)12/h1-5H,6H2. The Kier molecular flexibility index (Phi) is 2.83. The van der Waals surface area contributed by atoms with Gasteiger partial charge in [-0.1, -0.05) is 34.1 Å². The molecular formula is C10H7BrIN. The van der Waals surface area contributed by atoms with Crippen LogP contribution in [0.25, 0.3) is 10.9 Å². The number of rotatable bonds is 1. The lowest BCUT2D eigenvalue weighted by molar-refractivity contribution is 1.26. The Bertz CT molecular complexity index is 442. The summed E-state index contributed by atoms with van der Waals surface area (Å²) in [5.41, 5.74) is 2.32. The average Bonchev–Trinajstić information content (AvgIpc) is 2.17. The topological polar surface area (TPSA) is 12.9 Å². The summed E-state index contributed by atoms with van der Waals surface area (Å²) >= 11 is 5.72. The van der Waals surface area contributed by atoms with Crippen molar-refractivity contribution in [2.24, 2.45) is 0 Å². The van der Waals surface area contributed by atoms with Crippen LogP contribution in [0.3, 0.4) is 0 Å². The first-order valence-electron chi connectivity index (χ1n) is 3.91. The number of halogens is 2. The Morgan fingerprint density at radius 1 is 1.31 bits per heavy atom. The van der Waals surface area contributed by atoms with Gasteiger partial charge in [0.05, 0.1) is 5.52 Å². The van der Waals surface area contributed by atoms with Gasteiger partial charge in [0.1, 0.15) is 3.70 Å². The maximum absolute atomic E-state index is 4.50. The molecule has 2 aromatic rings. The maximum atomic E-state index is 4.50. The number of alkyl halides is 1. The SMILES string of the molecule is BrCc1cc2ccccc2nc1I. The highest BCUT2D eigenvalue weighted by Gasteiger charge is 2.01. The molecule has 0 saturated carbocycles. The lowest BCUT2D eigenvalue weighted by atomic mass is 10.2. The number of hydrogen-bond acceptors (Lipinski definition) is 1. The summed E-state index contributed by atoms with van der Waals surface area (Å²) in [4.78, 5) is 4.50. The summed E-state index contributed by atoms with van der Waals surface area (Å²) < 4.78 is 1.08. The summed E-state index contributed by atoms with van der Waals surface area (Å²) in [6, 6.07) is 10.4. The molecule has 0 bridgehead atoms. The molecule has 0 saturated heterocycles. The zero-order valence-electron chi connectivity index (χ0n) is 6.80. The van der Waals surface area contributed by atoms with Crippen LogP contribution in [-0.4, -0.2) is 4.98 Å². The molecule has 0 aliphatic carbocycles. The Hall–Kier alpha value is -0.160. The summed E-state index contributed by atoms with van der Waals surface area (Å²) in [5.74, 6) is 0. The van der Waals surface area contributed by atoms with Crippen molar-refractivity contribution in [1.29, 1.82) is 0 Å². The van der Waals surface area contributed by atoms with E-state index in [1.807, 2.05) is 18.2 Å². The number of hydrogen-bond donors (Lipinski definition) is 0. The number of aromatic nitrogens is 1. The molecule has 13 heavy (non-hydrogen) atoms. The van der Waals surface area contributed by atoms with Gasteiger partial charge in [-0.15, -0.1) is 0 Å². The van der Waals surface area contributed by atoms with Gasteiger partial charge in [0, 0.05) is 10.7 Å². The first kappa shape index (κ1) is 9.40. The van der Waals surface area contributed by atoms with Gasteiger partial charge in [-0.05, 0) is 40.3 Å². The molecule has 3 heteroatoms. The first-order valence-corrected chi connectivity index (χ1v) is 6.11. The van der Waals surface area contributed by atoms with Gasteiger partial charge >= 0.3 is 0 Å². The van der Waals surface area contributed by atoms with E-state index in [0.717, 1.165) is 14.5 Å². The van der Waals surface area contributed by atoms with Crippen molar-refractivity contribution in [2.75, 3.05) is 0 Å². The molecule has 0 aliphatic rings. The van der Waals surface area contributed by atoms with E-state index >= 15 is 0 Å². The van der Waals surface area contributed by atoms with E-state index in [1.54, 1.807) is 0 Å². The number of pyridine rings is 1. The smallest absolute Gasteiger partial charge is 0.106 e. The van der Waals surface area contributed by atoms with E-state index in [9.17, 15) is 0 Å². The van der Waals surface area contributed by atoms with Crippen molar-refractivity contribution < 1.29 is 0 Å². The van der Waals surface area contributed by atoms with Crippen LogP contribution in [0, 0.1) is 3.70 Å². The maximum Gasteiger partial charge on any atom is 0.106 e. The van der Waals surface area contributed by atoms with Crippen molar-refractivity contribution in [3.63, 3.8) is 0 Å². The minimum atomic E-state index is 0.864. The van der Waals surface area contributed by atoms with Gasteiger partial charge in [-0.2, -0.15) is 0 Å². The van der Waals surface area contributed by atoms with Crippen molar-refractivity contribution in [3.8, 4) is 0 Å². The van der Waals surface area contributed by atoms with E-state index in [-0.39, 0.29) is 0 Å². The fourth-order valence-electron chi connectivity index (χ4n) is 1.23. The lowest BCUT2D eigenvalue weighted by Gasteiger charge is -2.02. The van der Waals surface area contributed by atoms with Gasteiger partial charge in [0.25, 0.3) is 0 Å². The third-order valence-electron chi connectivity index (χ3n) is 1.89. The molecule has 1 aromatic carbocycles. The molecule has 1 heterocycles. The first-order chi connectivity index (χ1) is 6.31. The largest absolute Gasteiger partial charge is 0.242 e. The van der Waals surface area contributed by atoms with Crippen molar-refractivity contribution in [2.45, 2.75) is 5.33 Å². The molecule has 0 aliphatic heterocycles. The van der Waals surface area contributed by atoms with Crippen molar-refractivity contribution in [1.82, 2.24) is 4.98 Å². The monoisotopic (exact) mass is 347 g/mol. The lowest BCUT2D eigenvalue weighted by Crippen LogP contribution is -1.89. The fraction of sp³-hybridized carbons (Fsp3) is 0.100. The quantitative estimate of drug-likeness (QED) is 0.435. The van der Waals surface area contributed by atoms with Gasteiger partial charge in [-0.3, -0.25) is 0 Å². The van der Waals surface area contributed by atoms with Crippen LogP contribution in [0.4, 0.5) is 0 Å². The molecule has 1 aromatic heterocycles. The summed E-state index contributed by atoms with van der Waals surface area (Å²) in [6.07, 6.45) is 0. The van der Waals surface area contributed by atoms with Gasteiger partial charge in [-0.25, -0.2) is 4.98 Å². The Labute approximate surface area is 98.8 Å². The fourth-order valence-corrected chi connectivity index (χ4v) is 2.79. The second-order valence-corrected chi connectivity index (χ2v) is 4.35. The molecule has 0 spiro atoms. The second-order valence-electron chi connectivity index (χ2n) is 2.76. The highest BCUT2D eigenvalue weighted by Crippen LogP contribution is 2.19. The third-order valence-corrected chi connectivity index (χ3v) is 3.43. The molecule has 0 atom stereocenters. The number of para-hydroxylation sites is 1. The Morgan fingerprint density at radius 3 is 2.85 bits per heavy atom. The number of benzene rings is 1. The number of nitrogens with zero attached hydrogens (tertiary/aromatic N) is 1. The highest BCUT2D eigenvalue weighted by molar-refractivity contribution is 14.1. The van der Waals surface area contributed by atoms with Crippen LogP contribution in [0.15, 0.2) is 30.3 Å². The van der Waals surface area contributed by atoms with Crippen molar-refractivity contribution >= 4 is 49.4 Å². The molecule has 0 unspecified atom stereocenters. The van der Waals surface area contributed by atoms with E-state index in [4.69, 9.17) is 0 Å². The molecule has 66 valence electrons. The number of fused-ring (bicyclic) bond motifs is 1. The van der Waals surface area contributed by atoms with E-state index < -0.39 is 0 Å². The minimum Gasteiger partial charge on any atom is -0.242 e. The highest BCUT2D eigenvalue weighted by atomic mass is 127. The predicted octanol–water partition coefficient (Wildman–Crippen LogP) is 3.73. The van der Waals surface area contributed by atoms with Crippen LogP contribution in [0.2, 0.25) is 0 Å². The summed E-state index contributed by atoms with van der Waals surface area (Å²) in [6.45, 7) is 0. The van der Waals surface area contributed by atoms with Crippen molar-refractivity contribution in [3.05, 3.63) is 39.6 Å². The van der Waals surface area contributed by atoms with Gasteiger partial charge in [0.2, 0.25) is 0 Å². The zero-order chi connectivity index (χ0) is 9.26.